The average molecular weight is 394 g/mol. The quantitative estimate of drug-likeness (QED) is 0.428. The van der Waals surface area contributed by atoms with Gasteiger partial charge in [0.1, 0.15) is 11.6 Å². The Kier molecular flexibility index (Phi) is 4.20. The summed E-state index contributed by atoms with van der Waals surface area (Å²) in [4.78, 5) is 10.2. The third-order valence-electron chi connectivity index (χ3n) is 2.26. The van der Waals surface area contributed by atoms with E-state index in [2.05, 4.69) is 0 Å². The molecule has 0 fully saturated rings. The first-order chi connectivity index (χ1) is 8.99. The van der Waals surface area contributed by atoms with Gasteiger partial charge >= 0.3 is 5.69 Å². The van der Waals surface area contributed by atoms with E-state index in [0.717, 1.165) is 15.7 Å². The van der Waals surface area contributed by atoms with Crippen LogP contribution in [0.15, 0.2) is 36.4 Å². The van der Waals surface area contributed by atoms with Gasteiger partial charge in [0.2, 0.25) is 5.75 Å². The van der Waals surface area contributed by atoms with Gasteiger partial charge < -0.3 is 4.74 Å². The highest BCUT2D eigenvalue weighted by Crippen LogP contribution is 2.36. The summed E-state index contributed by atoms with van der Waals surface area (Å²) in [6.45, 7) is 0. The lowest BCUT2D eigenvalue weighted by molar-refractivity contribution is -0.385. The average Bonchev–Trinajstić information content (AvgIpc) is 2.36. The second-order valence-corrected chi connectivity index (χ2v) is 5.09. The zero-order valence-corrected chi connectivity index (χ0v) is 12.2. The Morgan fingerprint density at radius 2 is 1.95 bits per heavy atom. The standard InChI is InChI=1S/C12H6ClFINO3/c13-7-5-12(10(16(17)18)6-8(7)14)19-11-4-2-1-3-9(11)15/h1-6H. The van der Waals surface area contributed by atoms with E-state index in [4.69, 9.17) is 16.3 Å². The van der Waals surface area contributed by atoms with E-state index in [1.165, 1.54) is 0 Å². The predicted molar refractivity (Wildman–Crippen MR) is 77.3 cm³/mol. The van der Waals surface area contributed by atoms with Gasteiger partial charge in [-0.05, 0) is 34.7 Å². The Balaban J connectivity index is 2.48. The topological polar surface area (TPSA) is 52.4 Å². The molecule has 7 heteroatoms. The van der Waals surface area contributed by atoms with E-state index in [1.807, 2.05) is 22.6 Å². The summed E-state index contributed by atoms with van der Waals surface area (Å²) in [6, 6.07) is 8.82. The maximum atomic E-state index is 13.2. The molecule has 0 amide bonds. The summed E-state index contributed by atoms with van der Waals surface area (Å²) in [5.74, 6) is -0.516. The number of ether oxygens (including phenoxy) is 1. The van der Waals surface area contributed by atoms with Crippen molar-refractivity contribution in [1.82, 2.24) is 0 Å². The minimum atomic E-state index is -0.858. The van der Waals surface area contributed by atoms with Gasteiger partial charge in [-0.2, -0.15) is 0 Å². The zero-order chi connectivity index (χ0) is 14.0. The molecule has 0 spiro atoms. The van der Waals surface area contributed by atoms with Crippen LogP contribution in [0.1, 0.15) is 0 Å². The molecule has 0 atom stereocenters. The van der Waals surface area contributed by atoms with Gasteiger partial charge in [-0.25, -0.2) is 4.39 Å². The lowest BCUT2D eigenvalue weighted by atomic mass is 10.3. The molecule has 4 nitrogen and oxygen atoms in total. The minimum Gasteiger partial charge on any atom is -0.449 e. The number of nitro groups is 1. The molecule has 2 aromatic rings. The molecule has 19 heavy (non-hydrogen) atoms. The first kappa shape index (κ1) is 14.0. The molecule has 0 N–H and O–H groups in total. The predicted octanol–water partition coefficient (Wildman–Crippen LogP) is 4.78. The SMILES string of the molecule is O=[N+]([O-])c1cc(F)c(Cl)cc1Oc1ccccc1I. The second kappa shape index (κ2) is 5.70. The lowest BCUT2D eigenvalue weighted by Gasteiger charge is -2.08. The van der Waals surface area contributed by atoms with Crippen LogP contribution in [0.3, 0.4) is 0 Å². The van der Waals surface area contributed by atoms with Crippen LogP contribution < -0.4 is 4.74 Å². The highest BCUT2D eigenvalue weighted by atomic mass is 127. The van der Waals surface area contributed by atoms with E-state index in [9.17, 15) is 14.5 Å². The Bertz CT molecular complexity index is 651. The van der Waals surface area contributed by atoms with Gasteiger partial charge in [0.25, 0.3) is 0 Å². The van der Waals surface area contributed by atoms with Crippen molar-refractivity contribution in [2.75, 3.05) is 0 Å². The molecule has 0 saturated heterocycles. The van der Waals surface area contributed by atoms with E-state index in [1.54, 1.807) is 24.3 Å². The largest absolute Gasteiger partial charge is 0.449 e. The Labute approximate surface area is 126 Å². The molecule has 0 radical (unpaired) electrons. The summed E-state index contributed by atoms with van der Waals surface area (Å²) >= 11 is 7.65. The van der Waals surface area contributed by atoms with Gasteiger partial charge in [0.15, 0.2) is 0 Å². The molecule has 0 unspecified atom stereocenters. The fourth-order valence-electron chi connectivity index (χ4n) is 1.39. The Morgan fingerprint density at radius 3 is 2.58 bits per heavy atom. The number of halogens is 3. The third-order valence-corrected chi connectivity index (χ3v) is 3.44. The van der Waals surface area contributed by atoms with E-state index >= 15 is 0 Å². The van der Waals surface area contributed by atoms with Crippen LogP contribution in [0.5, 0.6) is 11.5 Å². The minimum absolute atomic E-state index is 0.0967. The van der Waals surface area contributed by atoms with Crippen LogP contribution in [0.25, 0.3) is 0 Å². The molecular formula is C12H6ClFINO3. The number of benzene rings is 2. The van der Waals surface area contributed by atoms with Crippen molar-refractivity contribution >= 4 is 39.9 Å². The highest BCUT2D eigenvalue weighted by Gasteiger charge is 2.20. The molecule has 0 aliphatic carbocycles. The fourth-order valence-corrected chi connectivity index (χ4v) is 2.04. The molecule has 2 aromatic carbocycles. The maximum absolute atomic E-state index is 13.2. The first-order valence-corrected chi connectivity index (χ1v) is 6.50. The second-order valence-electron chi connectivity index (χ2n) is 3.52. The van der Waals surface area contributed by atoms with Gasteiger partial charge in [-0.1, -0.05) is 23.7 Å². The number of hydrogen-bond donors (Lipinski definition) is 0. The van der Waals surface area contributed by atoms with Gasteiger partial charge in [0.05, 0.1) is 19.6 Å². The van der Waals surface area contributed by atoms with Crippen LogP contribution in [-0.4, -0.2) is 4.92 Å². The summed E-state index contributed by atoms with van der Waals surface area (Å²) < 4.78 is 19.5. The first-order valence-electron chi connectivity index (χ1n) is 5.05. The van der Waals surface area contributed by atoms with Crippen LogP contribution in [0.2, 0.25) is 5.02 Å². The van der Waals surface area contributed by atoms with Crippen LogP contribution in [0.4, 0.5) is 10.1 Å². The molecule has 0 saturated carbocycles. The lowest BCUT2D eigenvalue weighted by Crippen LogP contribution is -1.96. The van der Waals surface area contributed by atoms with E-state index in [-0.39, 0.29) is 10.8 Å². The Hall–Kier alpha value is -1.41. The number of rotatable bonds is 3. The number of nitro benzene ring substituents is 1. The smallest absolute Gasteiger partial charge is 0.314 e. The fraction of sp³-hybridized carbons (Fsp3) is 0. The number of nitrogens with zero attached hydrogens (tertiary/aromatic N) is 1. The van der Waals surface area contributed by atoms with Crippen molar-refractivity contribution in [1.29, 1.82) is 0 Å². The normalized spacial score (nSPS) is 10.3. The van der Waals surface area contributed by atoms with E-state index in [0.29, 0.717) is 5.75 Å². The molecule has 0 heterocycles. The molecule has 98 valence electrons. The van der Waals surface area contributed by atoms with Crippen LogP contribution >= 0.6 is 34.2 Å². The number of para-hydroxylation sites is 1. The van der Waals surface area contributed by atoms with Gasteiger partial charge in [-0.3, -0.25) is 10.1 Å². The maximum Gasteiger partial charge on any atom is 0.314 e. The summed E-state index contributed by atoms with van der Waals surface area (Å²) in [5, 5.41) is 10.6. The molecular weight excluding hydrogens is 387 g/mol. The van der Waals surface area contributed by atoms with Crippen molar-refractivity contribution in [2.24, 2.45) is 0 Å². The molecule has 0 aromatic heterocycles. The van der Waals surface area contributed by atoms with Gasteiger partial charge in [-0.15, -0.1) is 0 Å². The summed E-state index contributed by atoms with van der Waals surface area (Å²) in [5.41, 5.74) is -0.471. The third kappa shape index (κ3) is 3.13. The molecule has 0 aliphatic rings. The zero-order valence-electron chi connectivity index (χ0n) is 9.27. The molecule has 0 aliphatic heterocycles. The highest BCUT2D eigenvalue weighted by molar-refractivity contribution is 14.1. The van der Waals surface area contributed by atoms with Crippen molar-refractivity contribution in [2.45, 2.75) is 0 Å². The van der Waals surface area contributed by atoms with Crippen molar-refractivity contribution in [3.63, 3.8) is 0 Å². The Morgan fingerprint density at radius 1 is 1.26 bits per heavy atom. The van der Waals surface area contributed by atoms with Crippen LogP contribution in [-0.2, 0) is 0 Å². The summed E-state index contributed by atoms with van der Waals surface area (Å²) in [7, 11) is 0. The number of hydrogen-bond acceptors (Lipinski definition) is 3. The monoisotopic (exact) mass is 393 g/mol. The summed E-state index contributed by atoms with van der Waals surface area (Å²) in [6.07, 6.45) is 0. The van der Waals surface area contributed by atoms with Crippen molar-refractivity contribution in [3.05, 3.63) is 60.9 Å². The van der Waals surface area contributed by atoms with E-state index < -0.39 is 16.4 Å². The van der Waals surface area contributed by atoms with Gasteiger partial charge in [0, 0.05) is 6.07 Å². The molecule has 0 bridgehead atoms. The van der Waals surface area contributed by atoms with Crippen molar-refractivity contribution in [3.8, 4) is 11.5 Å². The van der Waals surface area contributed by atoms with Crippen LogP contribution in [0, 0.1) is 19.5 Å². The molecule has 2 rings (SSSR count). The van der Waals surface area contributed by atoms with Crippen molar-refractivity contribution < 1.29 is 14.1 Å².